The lowest BCUT2D eigenvalue weighted by atomic mass is 9.79. The molecule has 0 fully saturated rings. The Morgan fingerprint density at radius 2 is 1.95 bits per heavy atom. The average molecular weight is 271 g/mol. The lowest BCUT2D eigenvalue weighted by molar-refractivity contribution is 0.831. The van der Waals surface area contributed by atoms with Crippen LogP contribution in [-0.4, -0.2) is 0 Å². The van der Waals surface area contributed by atoms with Gasteiger partial charge in [-0.2, -0.15) is 5.26 Å². The molecule has 2 aliphatic rings. The molecule has 0 saturated carbocycles. The Morgan fingerprint density at radius 1 is 1.05 bits per heavy atom. The summed E-state index contributed by atoms with van der Waals surface area (Å²) in [6, 6.07) is 13.2. The van der Waals surface area contributed by atoms with Crippen molar-refractivity contribution in [3.05, 3.63) is 64.7 Å². The number of aryl methyl sites for hydroxylation is 1. The van der Waals surface area contributed by atoms with Gasteiger partial charge >= 0.3 is 0 Å². The van der Waals surface area contributed by atoms with Crippen LogP contribution in [0.3, 0.4) is 0 Å². The first-order valence-electron chi connectivity index (χ1n) is 7.67. The molecular formula is C20H17N. The van der Waals surface area contributed by atoms with Crippen LogP contribution in [0.4, 0.5) is 0 Å². The summed E-state index contributed by atoms with van der Waals surface area (Å²) in [7, 11) is 0. The monoisotopic (exact) mass is 271 g/mol. The maximum Gasteiger partial charge on any atom is 0.0669 e. The maximum absolute atomic E-state index is 8.92. The molecule has 4 rings (SSSR count). The van der Waals surface area contributed by atoms with Gasteiger partial charge in [-0.15, -0.1) is 0 Å². The Kier molecular flexibility index (Phi) is 2.89. The molecule has 0 unspecified atom stereocenters. The van der Waals surface area contributed by atoms with Crippen molar-refractivity contribution in [1.82, 2.24) is 0 Å². The summed E-state index contributed by atoms with van der Waals surface area (Å²) in [5, 5.41) is 11.5. The van der Waals surface area contributed by atoms with E-state index < -0.39 is 0 Å². The Balaban J connectivity index is 1.95. The Labute approximate surface area is 125 Å². The van der Waals surface area contributed by atoms with E-state index in [1.165, 1.54) is 46.7 Å². The number of fused-ring (bicyclic) bond motifs is 4. The minimum absolute atomic E-state index is 0.494. The number of nitriles is 1. The van der Waals surface area contributed by atoms with Crippen LogP contribution in [0, 0.1) is 11.3 Å². The minimum Gasteiger partial charge on any atom is -0.198 e. The molecule has 2 aromatic carbocycles. The van der Waals surface area contributed by atoms with Gasteiger partial charge in [0.15, 0.2) is 0 Å². The molecule has 0 aliphatic heterocycles. The van der Waals surface area contributed by atoms with E-state index in [1.807, 2.05) is 0 Å². The van der Waals surface area contributed by atoms with E-state index in [0.29, 0.717) is 6.42 Å². The van der Waals surface area contributed by atoms with Crippen LogP contribution in [0.1, 0.15) is 36.0 Å². The number of benzene rings is 2. The van der Waals surface area contributed by atoms with E-state index in [4.69, 9.17) is 5.26 Å². The highest BCUT2D eigenvalue weighted by Crippen LogP contribution is 2.39. The van der Waals surface area contributed by atoms with Crippen molar-refractivity contribution >= 4 is 16.3 Å². The zero-order valence-electron chi connectivity index (χ0n) is 12.0. The number of hydrogen-bond donors (Lipinski definition) is 0. The molecule has 0 radical (unpaired) electrons. The van der Waals surface area contributed by atoms with Crippen LogP contribution in [0.15, 0.2) is 48.1 Å². The highest BCUT2D eigenvalue weighted by atomic mass is 14.3. The second kappa shape index (κ2) is 4.90. The van der Waals surface area contributed by atoms with Gasteiger partial charge in [-0.3, -0.25) is 0 Å². The zero-order chi connectivity index (χ0) is 14.2. The molecule has 0 N–H and O–H groups in total. The van der Waals surface area contributed by atoms with E-state index in [9.17, 15) is 0 Å². The molecule has 21 heavy (non-hydrogen) atoms. The average Bonchev–Trinajstić information content (AvgIpc) is 2.54. The predicted molar refractivity (Wildman–Crippen MR) is 86.9 cm³/mol. The minimum atomic E-state index is 0.494. The van der Waals surface area contributed by atoms with Crippen LogP contribution < -0.4 is 0 Å². The van der Waals surface area contributed by atoms with Crippen LogP contribution >= 0.6 is 0 Å². The SMILES string of the molecule is N#CCc1ccc2ccc3c(c2c1)CCC1=C3C=CCC1. The quantitative estimate of drug-likeness (QED) is 0.719. The summed E-state index contributed by atoms with van der Waals surface area (Å²) in [6.07, 6.45) is 9.83. The number of hydrogen-bond acceptors (Lipinski definition) is 1. The molecule has 2 aliphatic carbocycles. The molecular weight excluding hydrogens is 254 g/mol. The van der Waals surface area contributed by atoms with Gasteiger partial charge in [-0.25, -0.2) is 0 Å². The van der Waals surface area contributed by atoms with E-state index in [1.54, 1.807) is 5.57 Å². The van der Waals surface area contributed by atoms with Gasteiger partial charge in [0.2, 0.25) is 0 Å². The molecule has 0 bridgehead atoms. The second-order valence-electron chi connectivity index (χ2n) is 5.94. The lowest BCUT2D eigenvalue weighted by Crippen LogP contribution is -2.07. The summed E-state index contributed by atoms with van der Waals surface area (Å²) in [6.45, 7) is 0. The fourth-order valence-corrected chi connectivity index (χ4v) is 3.68. The fourth-order valence-electron chi connectivity index (χ4n) is 3.68. The smallest absolute Gasteiger partial charge is 0.0669 e. The van der Waals surface area contributed by atoms with Crippen molar-refractivity contribution in [3.8, 4) is 6.07 Å². The maximum atomic E-state index is 8.92. The second-order valence-corrected chi connectivity index (χ2v) is 5.94. The van der Waals surface area contributed by atoms with Gasteiger partial charge < -0.3 is 0 Å². The molecule has 2 aromatic rings. The summed E-state index contributed by atoms with van der Waals surface area (Å²) >= 11 is 0. The lowest BCUT2D eigenvalue weighted by Gasteiger charge is -2.25. The van der Waals surface area contributed by atoms with Gasteiger partial charge in [0.25, 0.3) is 0 Å². The predicted octanol–water partition coefficient (Wildman–Crippen LogP) is 4.96. The van der Waals surface area contributed by atoms with Gasteiger partial charge in [0.05, 0.1) is 12.5 Å². The van der Waals surface area contributed by atoms with Gasteiger partial charge in [-0.05, 0) is 64.8 Å². The van der Waals surface area contributed by atoms with E-state index in [-0.39, 0.29) is 0 Å². The van der Waals surface area contributed by atoms with E-state index in [2.05, 4.69) is 48.6 Å². The molecule has 0 heterocycles. The number of nitrogens with zero attached hydrogens (tertiary/aromatic N) is 1. The number of rotatable bonds is 1. The van der Waals surface area contributed by atoms with Gasteiger partial charge in [0, 0.05) is 0 Å². The highest BCUT2D eigenvalue weighted by Gasteiger charge is 2.20. The summed E-state index contributed by atoms with van der Waals surface area (Å²) in [5.74, 6) is 0. The molecule has 102 valence electrons. The van der Waals surface area contributed by atoms with Crippen molar-refractivity contribution in [1.29, 1.82) is 5.26 Å². The third kappa shape index (κ3) is 1.99. The first kappa shape index (κ1) is 12.4. The molecule has 0 saturated heterocycles. The van der Waals surface area contributed by atoms with E-state index >= 15 is 0 Å². The normalized spacial score (nSPS) is 16.5. The molecule has 1 nitrogen and oxygen atoms in total. The van der Waals surface area contributed by atoms with Crippen LogP contribution in [-0.2, 0) is 12.8 Å². The van der Waals surface area contributed by atoms with Crippen LogP contribution in [0.2, 0.25) is 0 Å². The van der Waals surface area contributed by atoms with Gasteiger partial charge in [-0.1, -0.05) is 42.0 Å². The first-order valence-corrected chi connectivity index (χ1v) is 7.67. The van der Waals surface area contributed by atoms with Crippen LogP contribution in [0.5, 0.6) is 0 Å². The molecule has 0 spiro atoms. The largest absolute Gasteiger partial charge is 0.198 e. The number of allylic oxidation sites excluding steroid dienone is 4. The van der Waals surface area contributed by atoms with Gasteiger partial charge in [0.1, 0.15) is 0 Å². The van der Waals surface area contributed by atoms with Crippen molar-refractivity contribution in [3.63, 3.8) is 0 Å². The fraction of sp³-hybridized carbons (Fsp3) is 0.250. The highest BCUT2D eigenvalue weighted by molar-refractivity contribution is 5.94. The zero-order valence-corrected chi connectivity index (χ0v) is 12.0. The van der Waals surface area contributed by atoms with Crippen molar-refractivity contribution in [2.45, 2.75) is 32.1 Å². The Morgan fingerprint density at radius 3 is 2.86 bits per heavy atom. The topological polar surface area (TPSA) is 23.8 Å². The third-order valence-corrected chi connectivity index (χ3v) is 4.73. The van der Waals surface area contributed by atoms with E-state index in [0.717, 1.165) is 12.0 Å². The molecule has 1 heteroatoms. The third-order valence-electron chi connectivity index (χ3n) is 4.73. The molecule has 0 aromatic heterocycles. The van der Waals surface area contributed by atoms with Crippen molar-refractivity contribution < 1.29 is 0 Å². The molecule has 0 atom stereocenters. The van der Waals surface area contributed by atoms with Crippen LogP contribution in [0.25, 0.3) is 16.3 Å². The Bertz CT molecular complexity index is 831. The molecule has 0 amide bonds. The van der Waals surface area contributed by atoms with Crippen molar-refractivity contribution in [2.75, 3.05) is 0 Å². The Hall–Kier alpha value is -2.33. The standard InChI is InChI=1S/C20H17N/c21-12-11-14-5-6-16-8-9-18-17-4-2-1-3-15(17)7-10-19(18)20(16)13-14/h2,4-6,8-9,13H,1,3,7,10-11H2. The first-order chi connectivity index (χ1) is 10.4. The summed E-state index contributed by atoms with van der Waals surface area (Å²) < 4.78 is 0. The summed E-state index contributed by atoms with van der Waals surface area (Å²) in [4.78, 5) is 0. The summed E-state index contributed by atoms with van der Waals surface area (Å²) in [5.41, 5.74) is 7.08. The van der Waals surface area contributed by atoms with Crippen molar-refractivity contribution in [2.24, 2.45) is 0 Å².